The van der Waals surface area contributed by atoms with Crippen LogP contribution in [-0.2, 0) is 0 Å². The first-order valence-corrected chi connectivity index (χ1v) is 13.4. The molecular formula is C26H50Cl6N8. The molecular weight excluding hydrogens is 637 g/mol. The molecule has 0 saturated carbocycles. The first kappa shape index (κ1) is 46.7. The standard InChI is InChI=1S/C26H44N8.6ClH/c1-19-23-7-5-8-24(33-23)20(2)30-17-13-28-14-18-32-22(4)26-10-6-9-25(34-26)21(3)31-16-12-27-11-15-29-19;;;;;;/h5-10,19-22,27-32H,11-18H2,1-4H3;6*1H. The van der Waals surface area contributed by atoms with Gasteiger partial charge in [0.15, 0.2) is 0 Å². The normalized spacial score (nSPS) is 22.9. The van der Waals surface area contributed by atoms with Gasteiger partial charge in [0.25, 0.3) is 0 Å². The van der Waals surface area contributed by atoms with E-state index in [2.05, 4.69) is 96.0 Å². The number of pyridine rings is 2. The van der Waals surface area contributed by atoms with E-state index in [4.69, 9.17) is 9.97 Å². The fourth-order valence-electron chi connectivity index (χ4n) is 4.58. The van der Waals surface area contributed by atoms with Gasteiger partial charge < -0.3 is 106 Å². The largest absolute Gasteiger partial charge is 1.00 e. The second-order valence-corrected chi connectivity index (χ2v) is 9.96. The third-order valence-electron chi connectivity index (χ3n) is 7.01. The minimum absolute atomic E-state index is 0. The number of nitrogens with zero attached hydrogens (tertiary/aromatic N) is 2. The molecule has 3 rings (SSSR count). The molecule has 2 aromatic rings. The molecule has 12 N–H and O–H groups in total. The van der Waals surface area contributed by atoms with Gasteiger partial charge >= 0.3 is 0 Å². The molecule has 0 aromatic carbocycles. The summed E-state index contributed by atoms with van der Waals surface area (Å²) in [7, 11) is 0. The molecule has 2 aromatic heterocycles. The molecule has 8 nitrogen and oxygen atoms in total. The Bertz CT molecular complexity index is 741. The van der Waals surface area contributed by atoms with Crippen LogP contribution in [0.5, 0.6) is 0 Å². The molecule has 1 aliphatic heterocycles. The Kier molecular flexibility index (Phi) is 30.9. The molecule has 14 heteroatoms. The van der Waals surface area contributed by atoms with E-state index in [0.29, 0.717) is 24.2 Å². The fraction of sp³-hybridized carbons (Fsp3) is 0.615. The van der Waals surface area contributed by atoms with Gasteiger partial charge in [-0.05, 0) is 52.0 Å². The van der Waals surface area contributed by atoms with Gasteiger partial charge in [0, 0.05) is 0 Å². The van der Waals surface area contributed by atoms with Crippen molar-refractivity contribution in [2.75, 3.05) is 52.4 Å². The zero-order valence-corrected chi connectivity index (χ0v) is 28.6. The highest BCUT2D eigenvalue weighted by atomic mass is 35.5. The molecule has 3 heterocycles. The van der Waals surface area contributed by atoms with Crippen LogP contribution < -0.4 is 106 Å². The number of quaternary nitrogens is 6. The van der Waals surface area contributed by atoms with Gasteiger partial charge in [-0.15, -0.1) is 0 Å². The zero-order valence-electron chi connectivity index (χ0n) is 24.1. The summed E-state index contributed by atoms with van der Waals surface area (Å²) in [5.41, 5.74) is 4.78. The minimum Gasteiger partial charge on any atom is -1.00 e. The molecule has 0 fully saturated rings. The Balaban J connectivity index is -0.00000108. The number of rotatable bonds is 0. The van der Waals surface area contributed by atoms with Gasteiger partial charge in [-0.25, -0.2) is 9.97 Å². The third-order valence-corrected chi connectivity index (χ3v) is 7.01. The van der Waals surface area contributed by atoms with Crippen molar-refractivity contribution in [2.45, 2.75) is 51.9 Å². The summed E-state index contributed by atoms with van der Waals surface area (Å²) in [6, 6.07) is 14.6. The SMILES string of the molecule is CC1[NH2+]CC[NH2+]CC[NH2+]C(C)c2cccc(n2)C(C)[NH2+]CC[NH2+]CC[NH2+]C(C)c2cccc1n2.[Cl-].[Cl-].[Cl-].[Cl-].[Cl-].[Cl-]. The molecule has 4 atom stereocenters. The quantitative estimate of drug-likeness (QED) is 0.165. The first-order chi connectivity index (χ1) is 16.5. The van der Waals surface area contributed by atoms with Crippen LogP contribution in [0.4, 0.5) is 0 Å². The van der Waals surface area contributed by atoms with Crippen LogP contribution in [0.1, 0.15) is 74.6 Å². The fourth-order valence-corrected chi connectivity index (χ4v) is 4.58. The lowest BCUT2D eigenvalue weighted by molar-refractivity contribution is -0.769. The van der Waals surface area contributed by atoms with E-state index in [0.717, 1.165) is 52.4 Å². The maximum atomic E-state index is 5.00. The highest BCUT2D eigenvalue weighted by molar-refractivity contribution is 5.14. The molecule has 0 radical (unpaired) electrons. The number of halogens is 6. The van der Waals surface area contributed by atoms with Crippen molar-refractivity contribution in [1.29, 1.82) is 0 Å². The van der Waals surface area contributed by atoms with Crippen molar-refractivity contribution in [2.24, 2.45) is 0 Å². The van der Waals surface area contributed by atoms with Crippen molar-refractivity contribution in [3.63, 3.8) is 0 Å². The van der Waals surface area contributed by atoms with Crippen molar-refractivity contribution in [1.82, 2.24) is 9.97 Å². The summed E-state index contributed by atoms with van der Waals surface area (Å²) in [6.07, 6.45) is 0. The van der Waals surface area contributed by atoms with Gasteiger partial charge in [-0.2, -0.15) is 0 Å². The highest BCUT2D eigenvalue weighted by Gasteiger charge is 2.17. The van der Waals surface area contributed by atoms with Crippen LogP contribution in [0.25, 0.3) is 0 Å². The van der Waals surface area contributed by atoms with E-state index in [-0.39, 0.29) is 74.4 Å². The summed E-state index contributed by atoms with van der Waals surface area (Å²) < 4.78 is 0. The van der Waals surface area contributed by atoms with Gasteiger partial charge in [0.05, 0.1) is 22.8 Å². The van der Waals surface area contributed by atoms with E-state index >= 15 is 0 Å². The van der Waals surface area contributed by atoms with Gasteiger partial charge in [-0.3, -0.25) is 0 Å². The number of fused-ring (bicyclic) bond motifs is 4. The monoisotopic (exact) mass is 684 g/mol. The van der Waals surface area contributed by atoms with Crippen molar-refractivity contribution >= 4 is 0 Å². The Morgan fingerprint density at radius 2 is 0.650 bits per heavy atom. The molecule has 40 heavy (non-hydrogen) atoms. The topological polar surface area (TPSA) is 125 Å². The van der Waals surface area contributed by atoms with E-state index in [9.17, 15) is 0 Å². The predicted molar refractivity (Wildman–Crippen MR) is 133 cm³/mol. The summed E-state index contributed by atoms with van der Waals surface area (Å²) in [4.78, 5) is 9.99. The summed E-state index contributed by atoms with van der Waals surface area (Å²) >= 11 is 0. The lowest BCUT2D eigenvalue weighted by atomic mass is 10.1. The lowest BCUT2D eigenvalue weighted by Crippen LogP contribution is -3.00. The van der Waals surface area contributed by atoms with Crippen LogP contribution in [0.3, 0.4) is 0 Å². The average molecular weight is 687 g/mol. The molecule has 236 valence electrons. The molecule has 0 aliphatic carbocycles. The second-order valence-electron chi connectivity index (χ2n) is 9.96. The van der Waals surface area contributed by atoms with Crippen LogP contribution in [0.2, 0.25) is 0 Å². The molecule has 0 saturated heterocycles. The molecule has 0 amide bonds. The van der Waals surface area contributed by atoms with Crippen LogP contribution in [0, 0.1) is 0 Å². The van der Waals surface area contributed by atoms with E-state index in [1.54, 1.807) is 0 Å². The number of aromatic nitrogens is 2. The maximum absolute atomic E-state index is 5.00. The molecule has 4 bridgehead atoms. The Labute approximate surface area is 278 Å². The predicted octanol–water partition coefficient (Wildman–Crippen LogP) is -22.2. The summed E-state index contributed by atoms with van der Waals surface area (Å²) in [6.45, 7) is 18.1. The Morgan fingerprint density at radius 1 is 0.425 bits per heavy atom. The maximum Gasteiger partial charge on any atom is 0.126 e. The smallest absolute Gasteiger partial charge is 0.126 e. The van der Waals surface area contributed by atoms with Gasteiger partial charge in [0.2, 0.25) is 0 Å². The van der Waals surface area contributed by atoms with E-state index in [1.165, 1.54) is 22.8 Å². The van der Waals surface area contributed by atoms with E-state index < -0.39 is 0 Å². The minimum atomic E-state index is 0. The van der Waals surface area contributed by atoms with E-state index in [1.807, 2.05) is 0 Å². The molecule has 0 spiro atoms. The number of hydrogen-bond donors (Lipinski definition) is 6. The van der Waals surface area contributed by atoms with Gasteiger partial charge in [0.1, 0.15) is 76.5 Å². The first-order valence-electron chi connectivity index (χ1n) is 13.4. The molecule has 4 unspecified atom stereocenters. The van der Waals surface area contributed by atoms with Crippen LogP contribution >= 0.6 is 0 Å². The van der Waals surface area contributed by atoms with Crippen molar-refractivity contribution in [3.05, 3.63) is 59.2 Å². The Hall–Kier alpha value is -0.200. The lowest BCUT2D eigenvalue weighted by Gasteiger charge is -2.15. The molecule has 1 aliphatic rings. The van der Waals surface area contributed by atoms with Crippen LogP contribution in [0.15, 0.2) is 36.4 Å². The van der Waals surface area contributed by atoms with Crippen LogP contribution in [-0.4, -0.2) is 62.3 Å². The summed E-state index contributed by atoms with van der Waals surface area (Å²) in [5.74, 6) is 0. The zero-order chi connectivity index (χ0) is 24.2. The third kappa shape index (κ3) is 16.4. The average Bonchev–Trinajstić information content (AvgIpc) is 2.86. The Morgan fingerprint density at radius 3 is 0.875 bits per heavy atom. The summed E-state index contributed by atoms with van der Waals surface area (Å²) in [5, 5.41) is 14.6. The van der Waals surface area contributed by atoms with Gasteiger partial charge in [-0.1, -0.05) is 12.1 Å². The highest BCUT2D eigenvalue weighted by Crippen LogP contribution is 2.11. The van der Waals surface area contributed by atoms with Crippen molar-refractivity contribution in [3.8, 4) is 0 Å². The number of nitrogens with two attached hydrogens (primary N) is 6. The van der Waals surface area contributed by atoms with Crippen molar-refractivity contribution < 1.29 is 106 Å². The number of hydrogen-bond acceptors (Lipinski definition) is 2. The second kappa shape index (κ2) is 26.4.